The minimum absolute atomic E-state index is 0.0945. The predicted octanol–water partition coefficient (Wildman–Crippen LogP) is 3.92. The maximum Gasteiger partial charge on any atom is 0.243 e. The third-order valence-electron chi connectivity index (χ3n) is 3.47. The molecular weight excluding hydrogens is 288 g/mol. The SMILES string of the molecule is C=CCOc1ccc(NC(=O)CNc2ccc(C)c(C)c2)cc1. The van der Waals surface area contributed by atoms with Gasteiger partial charge < -0.3 is 15.4 Å². The normalized spacial score (nSPS) is 10.0. The fourth-order valence-corrected chi connectivity index (χ4v) is 2.03. The lowest BCUT2D eigenvalue weighted by atomic mass is 10.1. The Morgan fingerprint density at radius 2 is 1.78 bits per heavy atom. The van der Waals surface area contributed by atoms with Crippen molar-refractivity contribution in [2.24, 2.45) is 0 Å². The molecule has 0 aromatic heterocycles. The quantitative estimate of drug-likeness (QED) is 0.762. The first kappa shape index (κ1) is 16.6. The van der Waals surface area contributed by atoms with Crippen LogP contribution in [0.1, 0.15) is 11.1 Å². The largest absolute Gasteiger partial charge is 0.490 e. The first-order valence-electron chi connectivity index (χ1n) is 7.53. The molecule has 0 aliphatic heterocycles. The standard InChI is InChI=1S/C19H22N2O2/c1-4-11-23-18-9-7-16(8-10-18)21-19(22)13-20-17-6-5-14(2)15(3)12-17/h4-10,12,20H,1,11,13H2,2-3H3,(H,21,22). The summed E-state index contributed by atoms with van der Waals surface area (Å²) in [4.78, 5) is 12.0. The van der Waals surface area contributed by atoms with Crippen LogP contribution in [0.4, 0.5) is 11.4 Å². The Morgan fingerprint density at radius 1 is 1.09 bits per heavy atom. The van der Waals surface area contributed by atoms with Gasteiger partial charge in [-0.05, 0) is 61.4 Å². The van der Waals surface area contributed by atoms with E-state index in [1.807, 2.05) is 42.5 Å². The molecule has 0 saturated heterocycles. The molecule has 0 aliphatic rings. The summed E-state index contributed by atoms with van der Waals surface area (Å²) in [5.74, 6) is 0.652. The van der Waals surface area contributed by atoms with Gasteiger partial charge in [0.05, 0.1) is 6.54 Å². The zero-order valence-corrected chi connectivity index (χ0v) is 13.6. The van der Waals surface area contributed by atoms with Gasteiger partial charge in [-0.2, -0.15) is 0 Å². The van der Waals surface area contributed by atoms with E-state index in [-0.39, 0.29) is 12.5 Å². The molecule has 2 aromatic carbocycles. The average Bonchev–Trinajstić information content (AvgIpc) is 2.55. The highest BCUT2D eigenvalue weighted by molar-refractivity contribution is 5.93. The van der Waals surface area contributed by atoms with E-state index >= 15 is 0 Å². The predicted molar refractivity (Wildman–Crippen MR) is 95.2 cm³/mol. The summed E-state index contributed by atoms with van der Waals surface area (Å²) in [6.45, 7) is 8.40. The number of hydrogen-bond acceptors (Lipinski definition) is 3. The van der Waals surface area contributed by atoms with E-state index in [9.17, 15) is 4.79 Å². The first-order chi connectivity index (χ1) is 11.1. The number of ether oxygens (including phenoxy) is 1. The fraction of sp³-hybridized carbons (Fsp3) is 0.211. The van der Waals surface area contributed by atoms with Crippen LogP contribution in [0.25, 0.3) is 0 Å². The molecule has 1 amide bonds. The number of carbonyl (C=O) groups is 1. The van der Waals surface area contributed by atoms with Gasteiger partial charge in [0.1, 0.15) is 12.4 Å². The third kappa shape index (κ3) is 5.18. The first-order valence-corrected chi connectivity index (χ1v) is 7.53. The number of nitrogens with one attached hydrogen (secondary N) is 2. The van der Waals surface area contributed by atoms with Crippen LogP contribution in [0.5, 0.6) is 5.75 Å². The molecular formula is C19H22N2O2. The molecule has 2 rings (SSSR count). The van der Waals surface area contributed by atoms with E-state index in [1.165, 1.54) is 11.1 Å². The summed E-state index contributed by atoms with van der Waals surface area (Å²) in [7, 11) is 0. The lowest BCUT2D eigenvalue weighted by molar-refractivity contribution is -0.114. The summed E-state index contributed by atoms with van der Waals surface area (Å²) < 4.78 is 5.40. The Balaban J connectivity index is 1.84. The van der Waals surface area contributed by atoms with Crippen molar-refractivity contribution in [3.05, 3.63) is 66.2 Å². The van der Waals surface area contributed by atoms with Crippen molar-refractivity contribution in [1.29, 1.82) is 0 Å². The van der Waals surface area contributed by atoms with E-state index in [0.717, 1.165) is 17.1 Å². The molecule has 0 spiro atoms. The van der Waals surface area contributed by atoms with Gasteiger partial charge in [0.25, 0.3) is 0 Å². The number of hydrogen-bond donors (Lipinski definition) is 2. The number of anilines is 2. The van der Waals surface area contributed by atoms with Gasteiger partial charge in [0.15, 0.2) is 0 Å². The summed E-state index contributed by atoms with van der Waals surface area (Å²) in [5, 5.41) is 5.97. The van der Waals surface area contributed by atoms with Gasteiger partial charge in [-0.1, -0.05) is 18.7 Å². The Hall–Kier alpha value is -2.75. The molecule has 0 bridgehead atoms. The van der Waals surface area contributed by atoms with E-state index in [0.29, 0.717) is 6.61 Å². The summed E-state index contributed by atoms with van der Waals surface area (Å²) in [6.07, 6.45) is 1.69. The van der Waals surface area contributed by atoms with Crippen LogP contribution in [-0.2, 0) is 4.79 Å². The molecule has 0 fully saturated rings. The second-order valence-corrected chi connectivity index (χ2v) is 5.32. The second kappa shape index (κ2) is 8.03. The molecule has 0 radical (unpaired) electrons. The molecule has 2 aromatic rings. The van der Waals surface area contributed by atoms with Crippen LogP contribution in [0.15, 0.2) is 55.1 Å². The van der Waals surface area contributed by atoms with Gasteiger partial charge in [0.2, 0.25) is 5.91 Å². The van der Waals surface area contributed by atoms with Crippen molar-refractivity contribution >= 4 is 17.3 Å². The molecule has 0 aliphatic carbocycles. The topological polar surface area (TPSA) is 50.4 Å². The zero-order valence-electron chi connectivity index (χ0n) is 13.6. The maximum absolute atomic E-state index is 12.0. The van der Waals surface area contributed by atoms with Crippen LogP contribution < -0.4 is 15.4 Å². The van der Waals surface area contributed by atoms with Gasteiger partial charge >= 0.3 is 0 Å². The third-order valence-corrected chi connectivity index (χ3v) is 3.47. The number of aryl methyl sites for hydroxylation is 2. The van der Waals surface area contributed by atoms with Crippen LogP contribution in [0.2, 0.25) is 0 Å². The van der Waals surface area contributed by atoms with Crippen molar-refractivity contribution in [1.82, 2.24) is 0 Å². The molecule has 2 N–H and O–H groups in total. The molecule has 0 heterocycles. The van der Waals surface area contributed by atoms with Crippen molar-refractivity contribution in [3.8, 4) is 5.75 Å². The number of amides is 1. The molecule has 4 heteroatoms. The Bertz CT molecular complexity index is 678. The van der Waals surface area contributed by atoms with Crippen LogP contribution in [0.3, 0.4) is 0 Å². The van der Waals surface area contributed by atoms with E-state index < -0.39 is 0 Å². The van der Waals surface area contributed by atoms with Gasteiger partial charge in [0, 0.05) is 11.4 Å². The highest BCUT2D eigenvalue weighted by Gasteiger charge is 2.03. The lowest BCUT2D eigenvalue weighted by Crippen LogP contribution is -2.21. The van der Waals surface area contributed by atoms with Gasteiger partial charge in [-0.15, -0.1) is 0 Å². The van der Waals surface area contributed by atoms with E-state index in [2.05, 4.69) is 31.1 Å². The Labute approximate surface area is 137 Å². The number of rotatable bonds is 7. The molecule has 120 valence electrons. The second-order valence-electron chi connectivity index (χ2n) is 5.32. The Kier molecular flexibility index (Phi) is 5.80. The van der Waals surface area contributed by atoms with E-state index in [4.69, 9.17) is 4.74 Å². The molecule has 23 heavy (non-hydrogen) atoms. The number of benzene rings is 2. The Morgan fingerprint density at radius 3 is 2.43 bits per heavy atom. The molecule has 0 unspecified atom stereocenters. The molecule has 0 atom stereocenters. The molecule has 4 nitrogen and oxygen atoms in total. The van der Waals surface area contributed by atoms with Crippen molar-refractivity contribution < 1.29 is 9.53 Å². The number of carbonyl (C=O) groups excluding carboxylic acids is 1. The van der Waals surface area contributed by atoms with Gasteiger partial charge in [-0.25, -0.2) is 0 Å². The smallest absolute Gasteiger partial charge is 0.243 e. The highest BCUT2D eigenvalue weighted by Crippen LogP contribution is 2.16. The zero-order chi connectivity index (χ0) is 16.7. The summed E-state index contributed by atoms with van der Waals surface area (Å²) in [6, 6.07) is 13.3. The van der Waals surface area contributed by atoms with Crippen LogP contribution in [-0.4, -0.2) is 19.1 Å². The molecule has 0 saturated carbocycles. The summed E-state index contributed by atoms with van der Waals surface area (Å²) in [5.41, 5.74) is 4.11. The van der Waals surface area contributed by atoms with Gasteiger partial charge in [-0.3, -0.25) is 4.79 Å². The monoisotopic (exact) mass is 310 g/mol. The fourth-order valence-electron chi connectivity index (χ4n) is 2.03. The van der Waals surface area contributed by atoms with E-state index in [1.54, 1.807) is 6.08 Å². The minimum atomic E-state index is -0.0945. The minimum Gasteiger partial charge on any atom is -0.490 e. The van der Waals surface area contributed by atoms with Crippen molar-refractivity contribution in [3.63, 3.8) is 0 Å². The lowest BCUT2D eigenvalue weighted by Gasteiger charge is -2.10. The van der Waals surface area contributed by atoms with Crippen LogP contribution in [0, 0.1) is 13.8 Å². The maximum atomic E-state index is 12.0. The van der Waals surface area contributed by atoms with Crippen molar-refractivity contribution in [2.45, 2.75) is 13.8 Å². The average molecular weight is 310 g/mol. The highest BCUT2D eigenvalue weighted by atomic mass is 16.5. The van der Waals surface area contributed by atoms with Crippen LogP contribution >= 0.6 is 0 Å². The van der Waals surface area contributed by atoms with Crippen molar-refractivity contribution in [2.75, 3.05) is 23.8 Å². The summed E-state index contributed by atoms with van der Waals surface area (Å²) >= 11 is 0.